The van der Waals surface area contributed by atoms with Gasteiger partial charge in [-0.25, -0.2) is 4.79 Å². The molecule has 2 aromatic rings. The highest BCUT2D eigenvalue weighted by Crippen LogP contribution is 2.23. The molecule has 2 rings (SSSR count). The number of carboxylic acids is 1. The van der Waals surface area contributed by atoms with Crippen LogP contribution in [0.2, 0.25) is 0 Å². The number of phenols is 1. The van der Waals surface area contributed by atoms with Crippen LogP contribution in [0, 0.1) is 0 Å². The van der Waals surface area contributed by atoms with E-state index < -0.39 is 5.97 Å². The zero-order valence-corrected chi connectivity index (χ0v) is 13.4. The standard InChI is InChI=1S/C19H20O4/c1-19(2,3)23-16-10-4-13(5-11-16)12-17(18(21)22)14-6-8-15(20)9-7-14/h4-12,20H,1-3H3,(H,21,22)/b17-12-. The molecule has 0 bridgehead atoms. The molecule has 120 valence electrons. The molecular formula is C19H20O4. The molecule has 0 aromatic heterocycles. The summed E-state index contributed by atoms with van der Waals surface area (Å²) in [5.41, 5.74) is 1.17. The highest BCUT2D eigenvalue weighted by Gasteiger charge is 2.12. The van der Waals surface area contributed by atoms with Crippen molar-refractivity contribution in [3.8, 4) is 11.5 Å². The van der Waals surface area contributed by atoms with E-state index in [0.717, 1.165) is 11.3 Å². The first kappa shape index (κ1) is 16.6. The number of carboxylic acid groups (broad SMARTS) is 1. The number of hydrogen-bond acceptors (Lipinski definition) is 3. The van der Waals surface area contributed by atoms with Crippen molar-refractivity contribution in [3.05, 3.63) is 59.7 Å². The lowest BCUT2D eigenvalue weighted by Gasteiger charge is -2.21. The van der Waals surface area contributed by atoms with Crippen LogP contribution in [0.25, 0.3) is 11.6 Å². The van der Waals surface area contributed by atoms with Crippen molar-refractivity contribution in [3.63, 3.8) is 0 Å². The third-order valence-corrected chi connectivity index (χ3v) is 3.02. The zero-order chi connectivity index (χ0) is 17.0. The Balaban J connectivity index is 2.29. The second kappa shape index (κ2) is 6.57. The van der Waals surface area contributed by atoms with E-state index in [9.17, 15) is 15.0 Å². The van der Waals surface area contributed by atoms with E-state index in [2.05, 4.69) is 0 Å². The highest BCUT2D eigenvalue weighted by atomic mass is 16.5. The van der Waals surface area contributed by atoms with Gasteiger partial charge in [0.25, 0.3) is 0 Å². The SMILES string of the molecule is CC(C)(C)Oc1ccc(/C=C(\C(=O)O)c2ccc(O)cc2)cc1. The Morgan fingerprint density at radius 1 is 1.00 bits per heavy atom. The molecule has 2 aromatic carbocycles. The lowest BCUT2D eigenvalue weighted by molar-refractivity contribution is -0.130. The van der Waals surface area contributed by atoms with Gasteiger partial charge in [0.1, 0.15) is 17.1 Å². The summed E-state index contributed by atoms with van der Waals surface area (Å²) in [6.07, 6.45) is 1.59. The molecule has 0 spiro atoms. The van der Waals surface area contributed by atoms with E-state index in [1.54, 1.807) is 18.2 Å². The molecular weight excluding hydrogens is 292 g/mol. The smallest absolute Gasteiger partial charge is 0.336 e. The number of aliphatic carboxylic acids is 1. The van der Waals surface area contributed by atoms with Crippen LogP contribution in [-0.4, -0.2) is 21.8 Å². The van der Waals surface area contributed by atoms with Crippen molar-refractivity contribution >= 4 is 17.6 Å². The summed E-state index contributed by atoms with van der Waals surface area (Å²) in [6, 6.07) is 13.3. The molecule has 0 saturated heterocycles. The van der Waals surface area contributed by atoms with E-state index in [0.29, 0.717) is 5.56 Å². The third kappa shape index (κ3) is 4.88. The van der Waals surface area contributed by atoms with Gasteiger partial charge in [-0.3, -0.25) is 0 Å². The van der Waals surface area contributed by atoms with Crippen molar-refractivity contribution in [1.82, 2.24) is 0 Å². The van der Waals surface area contributed by atoms with Crippen molar-refractivity contribution in [2.24, 2.45) is 0 Å². The van der Waals surface area contributed by atoms with Gasteiger partial charge in [-0.05, 0) is 62.2 Å². The number of benzene rings is 2. The average Bonchev–Trinajstić information content (AvgIpc) is 2.46. The van der Waals surface area contributed by atoms with Crippen molar-refractivity contribution in [1.29, 1.82) is 0 Å². The Morgan fingerprint density at radius 3 is 2.04 bits per heavy atom. The van der Waals surface area contributed by atoms with Gasteiger partial charge in [0.05, 0.1) is 5.57 Å². The third-order valence-electron chi connectivity index (χ3n) is 3.02. The highest BCUT2D eigenvalue weighted by molar-refractivity contribution is 6.20. The van der Waals surface area contributed by atoms with Gasteiger partial charge in [0.15, 0.2) is 0 Å². The number of carbonyl (C=O) groups is 1. The Labute approximate surface area is 135 Å². The molecule has 23 heavy (non-hydrogen) atoms. The van der Waals surface area contributed by atoms with E-state index in [1.165, 1.54) is 12.1 Å². The van der Waals surface area contributed by atoms with Gasteiger partial charge < -0.3 is 14.9 Å². The minimum atomic E-state index is -1.02. The molecule has 0 heterocycles. The maximum Gasteiger partial charge on any atom is 0.336 e. The first-order valence-corrected chi connectivity index (χ1v) is 7.28. The maximum absolute atomic E-state index is 11.5. The molecule has 0 radical (unpaired) electrons. The van der Waals surface area contributed by atoms with Crippen molar-refractivity contribution in [2.45, 2.75) is 26.4 Å². The molecule has 0 aliphatic carbocycles. The van der Waals surface area contributed by atoms with E-state index in [1.807, 2.05) is 45.0 Å². The fraction of sp³-hybridized carbons (Fsp3) is 0.211. The molecule has 0 aliphatic rings. The summed E-state index contributed by atoms with van der Waals surface area (Å²) in [5.74, 6) is -0.191. The molecule has 2 N–H and O–H groups in total. The first-order chi connectivity index (χ1) is 10.7. The maximum atomic E-state index is 11.5. The monoisotopic (exact) mass is 312 g/mol. The van der Waals surface area contributed by atoms with Gasteiger partial charge in [0, 0.05) is 0 Å². The second-order valence-corrected chi connectivity index (χ2v) is 6.19. The fourth-order valence-electron chi connectivity index (χ4n) is 2.06. The van der Waals surface area contributed by atoms with Gasteiger partial charge in [-0.1, -0.05) is 24.3 Å². The Bertz CT molecular complexity index is 705. The van der Waals surface area contributed by atoms with Crippen LogP contribution >= 0.6 is 0 Å². The number of ether oxygens (including phenoxy) is 1. The Hall–Kier alpha value is -2.75. The normalized spacial score (nSPS) is 12.0. The predicted octanol–water partition coefficient (Wildman–Crippen LogP) is 4.19. The first-order valence-electron chi connectivity index (χ1n) is 7.28. The largest absolute Gasteiger partial charge is 0.508 e. The zero-order valence-electron chi connectivity index (χ0n) is 13.4. The quantitative estimate of drug-likeness (QED) is 0.656. The minimum Gasteiger partial charge on any atom is -0.508 e. The summed E-state index contributed by atoms with van der Waals surface area (Å²) in [6.45, 7) is 5.90. The van der Waals surface area contributed by atoms with Gasteiger partial charge in [-0.2, -0.15) is 0 Å². The number of aromatic hydroxyl groups is 1. The molecule has 0 aliphatic heterocycles. The molecule has 0 fully saturated rings. The van der Waals surface area contributed by atoms with Crippen LogP contribution in [0.1, 0.15) is 31.9 Å². The topological polar surface area (TPSA) is 66.8 Å². The predicted molar refractivity (Wildman–Crippen MR) is 90.4 cm³/mol. The molecule has 0 unspecified atom stereocenters. The van der Waals surface area contributed by atoms with E-state index >= 15 is 0 Å². The van der Waals surface area contributed by atoms with Crippen molar-refractivity contribution in [2.75, 3.05) is 0 Å². The van der Waals surface area contributed by atoms with Gasteiger partial charge in [0.2, 0.25) is 0 Å². The van der Waals surface area contributed by atoms with Crippen LogP contribution in [0.15, 0.2) is 48.5 Å². The van der Waals surface area contributed by atoms with Crippen LogP contribution in [-0.2, 0) is 4.79 Å². The minimum absolute atomic E-state index is 0.0992. The Kier molecular flexibility index (Phi) is 4.74. The van der Waals surface area contributed by atoms with Crippen LogP contribution < -0.4 is 4.74 Å². The summed E-state index contributed by atoms with van der Waals surface area (Å²) >= 11 is 0. The van der Waals surface area contributed by atoms with Crippen LogP contribution in [0.5, 0.6) is 11.5 Å². The lowest BCUT2D eigenvalue weighted by Crippen LogP contribution is -2.22. The van der Waals surface area contributed by atoms with Gasteiger partial charge in [-0.15, -0.1) is 0 Å². The van der Waals surface area contributed by atoms with Crippen molar-refractivity contribution < 1.29 is 19.7 Å². The molecule has 4 nitrogen and oxygen atoms in total. The van der Waals surface area contributed by atoms with Crippen LogP contribution in [0.3, 0.4) is 0 Å². The fourth-order valence-corrected chi connectivity index (χ4v) is 2.06. The molecule has 0 amide bonds. The summed E-state index contributed by atoms with van der Waals surface area (Å²) in [7, 11) is 0. The molecule has 4 heteroatoms. The number of phenolic OH excluding ortho intramolecular Hbond substituents is 1. The van der Waals surface area contributed by atoms with Gasteiger partial charge >= 0.3 is 5.97 Å². The Morgan fingerprint density at radius 2 is 1.57 bits per heavy atom. The average molecular weight is 312 g/mol. The number of rotatable bonds is 4. The summed E-state index contributed by atoms with van der Waals surface area (Å²) in [4.78, 5) is 11.5. The lowest BCUT2D eigenvalue weighted by atomic mass is 10.0. The number of hydrogen-bond donors (Lipinski definition) is 2. The molecule has 0 saturated carbocycles. The van der Waals surface area contributed by atoms with Crippen LogP contribution in [0.4, 0.5) is 0 Å². The molecule has 0 atom stereocenters. The summed E-state index contributed by atoms with van der Waals surface area (Å²) < 4.78 is 5.74. The summed E-state index contributed by atoms with van der Waals surface area (Å²) in [5, 5.41) is 18.7. The van der Waals surface area contributed by atoms with E-state index in [-0.39, 0.29) is 16.9 Å². The second-order valence-electron chi connectivity index (χ2n) is 6.19. The van der Waals surface area contributed by atoms with E-state index in [4.69, 9.17) is 4.74 Å².